The molecule has 2 fully saturated rings. The van der Waals surface area contributed by atoms with Crippen LogP contribution in [0.25, 0.3) is 0 Å². The first-order valence-electron chi connectivity index (χ1n) is 8.54. The molecule has 0 aromatic carbocycles. The zero-order valence-electron chi connectivity index (χ0n) is 14.6. The van der Waals surface area contributed by atoms with Gasteiger partial charge in [-0.15, -0.1) is 0 Å². The molecular formula is C17H26N4O3. The first-order valence-corrected chi connectivity index (χ1v) is 8.54. The Hall–Kier alpha value is -1.89. The van der Waals surface area contributed by atoms with E-state index in [4.69, 9.17) is 15.2 Å². The number of nitrogens with zero attached hydrogens (tertiary/aromatic N) is 3. The van der Waals surface area contributed by atoms with Crippen LogP contribution in [0, 0.1) is 0 Å². The van der Waals surface area contributed by atoms with E-state index in [-0.39, 0.29) is 18.2 Å². The second kappa shape index (κ2) is 6.55. The third-order valence-electron chi connectivity index (χ3n) is 4.21. The third-order valence-corrected chi connectivity index (χ3v) is 4.21. The maximum absolute atomic E-state index is 12.3. The summed E-state index contributed by atoms with van der Waals surface area (Å²) in [5.41, 5.74) is 6.31. The van der Waals surface area contributed by atoms with Gasteiger partial charge in [-0.2, -0.15) is 0 Å². The van der Waals surface area contributed by atoms with E-state index >= 15 is 0 Å². The van der Waals surface area contributed by atoms with Crippen molar-refractivity contribution in [3.8, 4) is 5.88 Å². The van der Waals surface area contributed by atoms with Gasteiger partial charge < -0.3 is 20.1 Å². The fourth-order valence-electron chi connectivity index (χ4n) is 2.87. The summed E-state index contributed by atoms with van der Waals surface area (Å²) in [6.45, 7) is 6.38. The molecule has 7 nitrogen and oxygen atoms in total. The van der Waals surface area contributed by atoms with Gasteiger partial charge in [0.2, 0.25) is 5.88 Å². The smallest absolute Gasteiger partial charge is 0.410 e. The number of rotatable bonds is 4. The van der Waals surface area contributed by atoms with Crippen molar-refractivity contribution in [2.24, 2.45) is 5.73 Å². The second-order valence-corrected chi connectivity index (χ2v) is 7.55. The molecule has 1 aliphatic heterocycles. The number of hydrogen-bond donors (Lipinski definition) is 1. The predicted octanol–water partition coefficient (Wildman–Crippen LogP) is 2.07. The zero-order valence-corrected chi connectivity index (χ0v) is 14.6. The number of nitrogens with two attached hydrogens (primary N) is 1. The number of hydrogen-bond acceptors (Lipinski definition) is 6. The van der Waals surface area contributed by atoms with Crippen molar-refractivity contribution in [2.75, 3.05) is 13.1 Å². The third kappa shape index (κ3) is 4.14. The molecule has 2 heterocycles. The quantitative estimate of drug-likeness (QED) is 0.906. The Kier molecular flexibility index (Phi) is 4.62. The Balaban J connectivity index is 1.59. The molecule has 2 aliphatic rings. The lowest BCUT2D eigenvalue weighted by Crippen LogP contribution is -2.43. The summed E-state index contributed by atoms with van der Waals surface area (Å²) in [5.74, 6) is 1.06. The number of carbonyl (C=O) groups excluding carboxylic acids is 1. The predicted molar refractivity (Wildman–Crippen MR) is 88.8 cm³/mol. The topological polar surface area (TPSA) is 90.6 Å². The number of carbonyl (C=O) groups is 1. The maximum Gasteiger partial charge on any atom is 0.410 e. The molecule has 3 rings (SSSR count). The van der Waals surface area contributed by atoms with Crippen LogP contribution < -0.4 is 10.5 Å². The summed E-state index contributed by atoms with van der Waals surface area (Å²) < 4.78 is 11.3. The molecule has 7 heteroatoms. The van der Waals surface area contributed by atoms with Crippen molar-refractivity contribution in [1.82, 2.24) is 14.9 Å². The second-order valence-electron chi connectivity index (χ2n) is 7.55. The molecule has 0 radical (unpaired) electrons. The number of ether oxygens (including phenoxy) is 2. The largest absolute Gasteiger partial charge is 0.471 e. The molecule has 24 heavy (non-hydrogen) atoms. The van der Waals surface area contributed by atoms with Gasteiger partial charge in [0.05, 0.1) is 30.7 Å². The monoisotopic (exact) mass is 334 g/mol. The van der Waals surface area contributed by atoms with Crippen molar-refractivity contribution < 1.29 is 14.3 Å². The van der Waals surface area contributed by atoms with Gasteiger partial charge in [-0.05, 0) is 33.6 Å². The first kappa shape index (κ1) is 17.0. The van der Waals surface area contributed by atoms with Gasteiger partial charge in [-0.1, -0.05) is 0 Å². The van der Waals surface area contributed by atoms with Crippen molar-refractivity contribution in [1.29, 1.82) is 0 Å². The Bertz CT molecular complexity index is 580. The molecule has 1 saturated heterocycles. The Morgan fingerprint density at radius 2 is 2.08 bits per heavy atom. The van der Waals surface area contributed by atoms with E-state index in [1.165, 1.54) is 12.8 Å². The number of likely N-dealkylation sites (tertiary alicyclic amines) is 1. The van der Waals surface area contributed by atoms with E-state index in [0.717, 1.165) is 5.69 Å². The van der Waals surface area contributed by atoms with Crippen LogP contribution in [-0.2, 0) is 4.74 Å². The highest BCUT2D eigenvalue weighted by molar-refractivity contribution is 5.69. The molecule has 1 amide bonds. The van der Waals surface area contributed by atoms with Gasteiger partial charge in [-0.3, -0.25) is 4.98 Å². The van der Waals surface area contributed by atoms with Gasteiger partial charge in [0.25, 0.3) is 0 Å². The molecular weight excluding hydrogens is 308 g/mol. The highest BCUT2D eigenvalue weighted by atomic mass is 16.6. The van der Waals surface area contributed by atoms with Crippen LogP contribution in [0.15, 0.2) is 12.4 Å². The molecule has 0 spiro atoms. The van der Waals surface area contributed by atoms with E-state index in [9.17, 15) is 4.79 Å². The number of amides is 1. The Morgan fingerprint density at radius 1 is 1.33 bits per heavy atom. The lowest BCUT2D eigenvalue weighted by molar-refractivity contribution is 0.0217. The average Bonchev–Trinajstić information content (AvgIpc) is 3.27. The fraction of sp³-hybridized carbons (Fsp3) is 0.706. The summed E-state index contributed by atoms with van der Waals surface area (Å²) >= 11 is 0. The lowest BCUT2D eigenvalue weighted by atomic mass is 10.2. The van der Waals surface area contributed by atoms with E-state index in [2.05, 4.69) is 9.97 Å². The SMILES string of the molecule is CC(C)(C)OC(=O)N1CC(Oc2cnc(C3CC3)cn2)CC1CN. The summed E-state index contributed by atoms with van der Waals surface area (Å²) in [6.07, 6.45) is 6.02. The van der Waals surface area contributed by atoms with Crippen LogP contribution in [0.1, 0.15) is 51.6 Å². The van der Waals surface area contributed by atoms with Crippen LogP contribution in [0.2, 0.25) is 0 Å². The van der Waals surface area contributed by atoms with Crippen molar-refractivity contribution in [2.45, 2.75) is 63.7 Å². The van der Waals surface area contributed by atoms with Crippen LogP contribution >= 0.6 is 0 Å². The summed E-state index contributed by atoms with van der Waals surface area (Å²) in [6, 6.07) is -0.0800. The first-order chi connectivity index (χ1) is 11.4. The molecule has 1 aromatic heterocycles. The Morgan fingerprint density at radius 3 is 2.62 bits per heavy atom. The van der Waals surface area contributed by atoms with Gasteiger partial charge >= 0.3 is 6.09 Å². The molecule has 1 aliphatic carbocycles. The summed E-state index contributed by atoms with van der Waals surface area (Å²) in [4.78, 5) is 22.7. The standard InChI is InChI=1S/C17H26N4O3/c1-17(2,3)24-16(22)21-10-13(6-12(21)7-18)23-15-9-19-14(8-20-15)11-4-5-11/h8-9,11-13H,4-7,10,18H2,1-3H3. The van der Waals surface area contributed by atoms with Gasteiger partial charge in [0.15, 0.2) is 0 Å². The summed E-state index contributed by atoms with van der Waals surface area (Å²) in [5, 5.41) is 0. The molecule has 0 bridgehead atoms. The van der Waals surface area contributed by atoms with Crippen molar-refractivity contribution in [3.05, 3.63) is 18.1 Å². The van der Waals surface area contributed by atoms with Crippen LogP contribution in [-0.4, -0.2) is 51.8 Å². The molecule has 132 valence electrons. The Labute approximate surface area is 142 Å². The van der Waals surface area contributed by atoms with Crippen LogP contribution in [0.4, 0.5) is 4.79 Å². The summed E-state index contributed by atoms with van der Waals surface area (Å²) in [7, 11) is 0. The molecule has 2 unspecified atom stereocenters. The minimum atomic E-state index is -0.528. The fourth-order valence-corrected chi connectivity index (χ4v) is 2.87. The molecule has 2 N–H and O–H groups in total. The van der Waals surface area contributed by atoms with E-state index in [0.29, 0.717) is 31.3 Å². The molecule has 1 aromatic rings. The van der Waals surface area contributed by atoms with Crippen LogP contribution in [0.5, 0.6) is 5.88 Å². The highest BCUT2D eigenvalue weighted by Crippen LogP contribution is 2.38. The number of aromatic nitrogens is 2. The van der Waals surface area contributed by atoms with Crippen molar-refractivity contribution in [3.63, 3.8) is 0 Å². The zero-order chi connectivity index (χ0) is 17.3. The lowest BCUT2D eigenvalue weighted by Gasteiger charge is -2.27. The van der Waals surface area contributed by atoms with Gasteiger partial charge in [0.1, 0.15) is 11.7 Å². The van der Waals surface area contributed by atoms with Gasteiger partial charge in [-0.25, -0.2) is 9.78 Å². The van der Waals surface area contributed by atoms with E-state index in [1.807, 2.05) is 20.8 Å². The minimum absolute atomic E-state index is 0.0800. The van der Waals surface area contributed by atoms with E-state index in [1.54, 1.807) is 17.3 Å². The molecule has 2 atom stereocenters. The van der Waals surface area contributed by atoms with E-state index < -0.39 is 5.60 Å². The van der Waals surface area contributed by atoms with Gasteiger partial charge in [0, 0.05) is 18.9 Å². The van der Waals surface area contributed by atoms with Crippen LogP contribution in [0.3, 0.4) is 0 Å². The molecule has 1 saturated carbocycles. The normalized spacial score (nSPS) is 24.1. The maximum atomic E-state index is 12.3. The van der Waals surface area contributed by atoms with Crippen molar-refractivity contribution >= 4 is 6.09 Å². The minimum Gasteiger partial charge on any atom is -0.471 e. The average molecular weight is 334 g/mol. The highest BCUT2D eigenvalue weighted by Gasteiger charge is 2.38.